The normalized spacial score (nSPS) is 37.1. The lowest BCUT2D eigenvalue weighted by Crippen LogP contribution is -2.41. The van der Waals surface area contributed by atoms with Gasteiger partial charge in [0.15, 0.2) is 0 Å². The zero-order valence-corrected chi connectivity index (χ0v) is 8.53. The molecule has 0 saturated carbocycles. The van der Waals surface area contributed by atoms with Gasteiger partial charge >= 0.3 is 0 Å². The number of fused-ring (bicyclic) bond motifs is 2. The first-order chi connectivity index (χ1) is 6.66. The fourth-order valence-corrected chi connectivity index (χ4v) is 2.35. The molecule has 0 aromatic carbocycles. The number of nitrogens with two attached hydrogens (primary N) is 1. The van der Waals surface area contributed by atoms with Crippen molar-refractivity contribution >= 4 is 5.91 Å². The molecule has 0 spiro atoms. The summed E-state index contributed by atoms with van der Waals surface area (Å²) in [4.78, 5) is 11.2. The van der Waals surface area contributed by atoms with E-state index in [1.54, 1.807) is 6.92 Å². The minimum absolute atomic E-state index is 0.0622. The van der Waals surface area contributed by atoms with Crippen molar-refractivity contribution in [3.05, 3.63) is 0 Å². The Morgan fingerprint density at radius 3 is 2.93 bits per heavy atom. The lowest BCUT2D eigenvalue weighted by molar-refractivity contribution is -0.122. The van der Waals surface area contributed by atoms with Crippen LogP contribution < -0.4 is 11.1 Å². The molecule has 0 radical (unpaired) electrons. The molecule has 2 saturated heterocycles. The van der Waals surface area contributed by atoms with E-state index < -0.39 is 6.04 Å². The quantitative estimate of drug-likeness (QED) is 0.672. The van der Waals surface area contributed by atoms with Crippen LogP contribution in [0.5, 0.6) is 0 Å². The van der Waals surface area contributed by atoms with Gasteiger partial charge in [-0.05, 0) is 26.2 Å². The minimum Gasteiger partial charge on any atom is -0.375 e. The Balaban J connectivity index is 1.74. The second-order valence-electron chi connectivity index (χ2n) is 4.40. The van der Waals surface area contributed by atoms with Crippen LogP contribution in [0.25, 0.3) is 0 Å². The summed E-state index contributed by atoms with van der Waals surface area (Å²) >= 11 is 0. The number of hydrogen-bond acceptors (Lipinski definition) is 3. The minimum atomic E-state index is -0.408. The van der Waals surface area contributed by atoms with Crippen molar-refractivity contribution in [2.75, 3.05) is 6.54 Å². The lowest BCUT2D eigenvalue weighted by Gasteiger charge is -2.19. The van der Waals surface area contributed by atoms with Gasteiger partial charge in [-0.2, -0.15) is 0 Å². The molecule has 0 aromatic heterocycles. The zero-order chi connectivity index (χ0) is 10.1. The first-order valence-corrected chi connectivity index (χ1v) is 5.35. The van der Waals surface area contributed by atoms with E-state index in [0.717, 1.165) is 19.4 Å². The highest BCUT2D eigenvalue weighted by Gasteiger charge is 2.40. The van der Waals surface area contributed by atoms with E-state index in [9.17, 15) is 4.79 Å². The summed E-state index contributed by atoms with van der Waals surface area (Å²) in [6, 6.07) is -0.408. The number of carbonyl (C=O) groups excluding carboxylic acids is 1. The molecule has 80 valence electrons. The van der Waals surface area contributed by atoms with Gasteiger partial charge in [0.1, 0.15) is 0 Å². The van der Waals surface area contributed by atoms with Gasteiger partial charge in [-0.25, -0.2) is 0 Å². The number of rotatable bonds is 3. The van der Waals surface area contributed by atoms with Crippen LogP contribution in [-0.4, -0.2) is 30.7 Å². The van der Waals surface area contributed by atoms with Gasteiger partial charge in [-0.1, -0.05) is 0 Å². The number of carbonyl (C=O) groups is 1. The number of hydrogen-bond donors (Lipinski definition) is 2. The van der Waals surface area contributed by atoms with E-state index in [2.05, 4.69) is 5.32 Å². The third kappa shape index (κ3) is 1.91. The van der Waals surface area contributed by atoms with Crippen molar-refractivity contribution in [3.63, 3.8) is 0 Å². The molecule has 4 atom stereocenters. The molecule has 0 aromatic rings. The average Bonchev–Trinajstić information content (AvgIpc) is 2.74. The van der Waals surface area contributed by atoms with E-state index >= 15 is 0 Å². The predicted molar refractivity (Wildman–Crippen MR) is 52.7 cm³/mol. The fraction of sp³-hybridized carbons (Fsp3) is 0.900. The number of amides is 1. The standard InChI is InChI=1S/C10H18N2O2/c1-6(11)10(13)12-5-7-4-8-2-3-9(7)14-8/h6-9H,2-5,11H2,1H3,(H,12,13)/t6?,7-,8-,9+/m0/s1. The SMILES string of the molecule is CC(N)C(=O)NC[C@@H]1C[C@@H]2CC[C@H]1O2. The Morgan fingerprint density at radius 2 is 2.43 bits per heavy atom. The summed E-state index contributed by atoms with van der Waals surface area (Å²) in [6.45, 7) is 2.42. The van der Waals surface area contributed by atoms with E-state index in [1.807, 2.05) is 0 Å². The van der Waals surface area contributed by atoms with Gasteiger partial charge < -0.3 is 15.8 Å². The third-order valence-electron chi connectivity index (χ3n) is 3.18. The third-order valence-corrected chi connectivity index (χ3v) is 3.18. The van der Waals surface area contributed by atoms with Gasteiger partial charge in [-0.3, -0.25) is 4.79 Å². The fourth-order valence-electron chi connectivity index (χ4n) is 2.35. The largest absolute Gasteiger partial charge is 0.375 e. The first-order valence-electron chi connectivity index (χ1n) is 5.35. The average molecular weight is 198 g/mol. The van der Waals surface area contributed by atoms with E-state index in [-0.39, 0.29) is 5.91 Å². The number of nitrogens with one attached hydrogen (secondary N) is 1. The Labute approximate surface area is 84.2 Å². The molecule has 1 amide bonds. The summed E-state index contributed by atoms with van der Waals surface area (Å²) < 4.78 is 5.70. The van der Waals surface area contributed by atoms with Gasteiger partial charge in [0.2, 0.25) is 5.91 Å². The van der Waals surface area contributed by atoms with Crippen LogP contribution in [-0.2, 0) is 9.53 Å². The maximum absolute atomic E-state index is 11.2. The molecule has 3 N–H and O–H groups in total. The van der Waals surface area contributed by atoms with Crippen molar-refractivity contribution in [2.45, 2.75) is 44.4 Å². The van der Waals surface area contributed by atoms with Crippen LogP contribution in [0.2, 0.25) is 0 Å². The molecule has 1 unspecified atom stereocenters. The molecule has 2 rings (SSSR count). The lowest BCUT2D eigenvalue weighted by atomic mass is 9.89. The molecule has 14 heavy (non-hydrogen) atoms. The topological polar surface area (TPSA) is 64.4 Å². The van der Waals surface area contributed by atoms with Crippen molar-refractivity contribution in [2.24, 2.45) is 11.7 Å². The van der Waals surface area contributed by atoms with Crippen molar-refractivity contribution < 1.29 is 9.53 Å². The molecule has 4 heteroatoms. The summed E-state index contributed by atoms with van der Waals surface area (Å²) in [5.41, 5.74) is 5.45. The Morgan fingerprint density at radius 1 is 1.64 bits per heavy atom. The van der Waals surface area contributed by atoms with Crippen LogP contribution in [0.1, 0.15) is 26.2 Å². The highest BCUT2D eigenvalue weighted by Crippen LogP contribution is 2.38. The second kappa shape index (κ2) is 3.87. The summed E-state index contributed by atoms with van der Waals surface area (Å²) in [7, 11) is 0. The molecule has 0 aliphatic carbocycles. The molecule has 2 aliphatic heterocycles. The molecular formula is C10H18N2O2. The Hall–Kier alpha value is -0.610. The molecule has 2 fully saturated rings. The van der Waals surface area contributed by atoms with Crippen LogP contribution >= 0.6 is 0 Å². The van der Waals surface area contributed by atoms with Crippen molar-refractivity contribution in [1.82, 2.24) is 5.32 Å². The maximum atomic E-state index is 11.2. The van der Waals surface area contributed by atoms with Crippen molar-refractivity contribution in [3.8, 4) is 0 Å². The monoisotopic (exact) mass is 198 g/mol. The Kier molecular flexibility index (Phi) is 2.74. The van der Waals surface area contributed by atoms with Gasteiger partial charge in [0.25, 0.3) is 0 Å². The molecular weight excluding hydrogens is 180 g/mol. The maximum Gasteiger partial charge on any atom is 0.236 e. The second-order valence-corrected chi connectivity index (χ2v) is 4.40. The highest BCUT2D eigenvalue weighted by molar-refractivity contribution is 5.80. The van der Waals surface area contributed by atoms with Crippen molar-refractivity contribution in [1.29, 1.82) is 0 Å². The van der Waals surface area contributed by atoms with E-state index in [0.29, 0.717) is 18.1 Å². The Bertz CT molecular complexity index is 230. The van der Waals surface area contributed by atoms with Crippen LogP contribution in [0.4, 0.5) is 0 Å². The molecule has 4 nitrogen and oxygen atoms in total. The molecule has 2 bridgehead atoms. The summed E-state index contributed by atoms with van der Waals surface area (Å²) in [6.07, 6.45) is 4.29. The van der Waals surface area contributed by atoms with Crippen LogP contribution in [0.3, 0.4) is 0 Å². The predicted octanol–water partition coefficient (Wildman–Crippen LogP) is 0.0173. The molecule has 2 heterocycles. The van der Waals surface area contributed by atoms with Crippen LogP contribution in [0, 0.1) is 5.92 Å². The van der Waals surface area contributed by atoms with Gasteiger partial charge in [0.05, 0.1) is 18.2 Å². The number of ether oxygens (including phenoxy) is 1. The van der Waals surface area contributed by atoms with Gasteiger partial charge in [-0.15, -0.1) is 0 Å². The first kappa shape index (κ1) is 9.93. The van der Waals surface area contributed by atoms with Crippen LogP contribution in [0.15, 0.2) is 0 Å². The summed E-state index contributed by atoms with van der Waals surface area (Å²) in [5, 5.41) is 2.86. The van der Waals surface area contributed by atoms with E-state index in [1.165, 1.54) is 6.42 Å². The molecule has 2 aliphatic rings. The smallest absolute Gasteiger partial charge is 0.236 e. The summed E-state index contributed by atoms with van der Waals surface area (Å²) in [5.74, 6) is 0.448. The highest BCUT2D eigenvalue weighted by atomic mass is 16.5. The van der Waals surface area contributed by atoms with Gasteiger partial charge in [0, 0.05) is 12.5 Å². The zero-order valence-electron chi connectivity index (χ0n) is 8.53. The van der Waals surface area contributed by atoms with E-state index in [4.69, 9.17) is 10.5 Å².